The zero-order valence-electron chi connectivity index (χ0n) is 9.04. The summed E-state index contributed by atoms with van der Waals surface area (Å²) in [5.41, 5.74) is 0.505. The molecule has 0 saturated carbocycles. The van der Waals surface area contributed by atoms with Crippen molar-refractivity contribution in [3.63, 3.8) is 0 Å². The van der Waals surface area contributed by atoms with Crippen LogP contribution in [-0.2, 0) is 4.74 Å². The fourth-order valence-electron chi connectivity index (χ4n) is 1.23. The van der Waals surface area contributed by atoms with Crippen LogP contribution >= 0.6 is 0 Å². The highest BCUT2D eigenvalue weighted by Crippen LogP contribution is 2.12. The number of ether oxygens (including phenoxy) is 1. The van der Waals surface area contributed by atoms with Gasteiger partial charge in [0.2, 0.25) is 0 Å². The predicted octanol–water partition coefficient (Wildman–Crippen LogP) is 2.59. The largest absolute Gasteiger partial charge is 0.371 e. The first-order valence-corrected chi connectivity index (χ1v) is 4.79. The summed E-state index contributed by atoms with van der Waals surface area (Å²) < 4.78 is 31.5. The average Bonchev–Trinajstić information content (AvgIpc) is 2.29. The van der Waals surface area contributed by atoms with E-state index in [1.807, 2.05) is 0 Å². The Balaban J connectivity index is 2.88. The molecule has 0 aliphatic carbocycles. The zero-order valence-corrected chi connectivity index (χ0v) is 9.04. The quantitative estimate of drug-likeness (QED) is 0.429. The highest BCUT2D eigenvalue weighted by molar-refractivity contribution is 6.01. The van der Waals surface area contributed by atoms with E-state index in [4.69, 9.17) is 4.74 Å². The minimum Gasteiger partial charge on any atom is -0.371 e. The van der Waals surface area contributed by atoms with Crippen molar-refractivity contribution < 1.29 is 13.5 Å². The molecule has 0 unspecified atom stereocenters. The summed E-state index contributed by atoms with van der Waals surface area (Å²) in [5.74, 6) is -1.78. The van der Waals surface area contributed by atoms with Gasteiger partial charge in [-0.25, -0.2) is 8.78 Å². The van der Waals surface area contributed by atoms with E-state index >= 15 is 0 Å². The first-order chi connectivity index (χ1) is 7.70. The van der Waals surface area contributed by atoms with E-state index in [0.29, 0.717) is 12.3 Å². The SMILES string of the molecule is C=CCOCC(=NC)c1cccc(F)c1F. The van der Waals surface area contributed by atoms with Crippen LogP contribution in [0.2, 0.25) is 0 Å². The molecule has 0 aliphatic rings. The van der Waals surface area contributed by atoms with E-state index in [1.54, 1.807) is 6.08 Å². The van der Waals surface area contributed by atoms with E-state index in [2.05, 4.69) is 11.6 Å². The summed E-state index contributed by atoms with van der Waals surface area (Å²) in [6.07, 6.45) is 1.58. The Bertz CT molecular complexity index is 402. The van der Waals surface area contributed by atoms with Crippen LogP contribution in [0.4, 0.5) is 8.78 Å². The summed E-state index contributed by atoms with van der Waals surface area (Å²) >= 11 is 0. The lowest BCUT2D eigenvalue weighted by molar-refractivity contribution is 0.204. The maximum atomic E-state index is 13.4. The Morgan fingerprint density at radius 1 is 1.50 bits per heavy atom. The Kier molecular flexibility index (Phi) is 4.79. The summed E-state index contributed by atoms with van der Waals surface area (Å²) in [5, 5.41) is 0. The van der Waals surface area contributed by atoms with Crippen molar-refractivity contribution in [1.29, 1.82) is 0 Å². The topological polar surface area (TPSA) is 21.6 Å². The number of rotatable bonds is 5. The van der Waals surface area contributed by atoms with Gasteiger partial charge in [0.15, 0.2) is 11.6 Å². The number of hydrogen-bond acceptors (Lipinski definition) is 2. The number of hydrogen-bond donors (Lipinski definition) is 0. The summed E-state index contributed by atoms with van der Waals surface area (Å²) in [6, 6.07) is 3.97. The van der Waals surface area contributed by atoms with Gasteiger partial charge in [-0.05, 0) is 12.1 Å². The fourth-order valence-corrected chi connectivity index (χ4v) is 1.23. The van der Waals surface area contributed by atoms with Crippen molar-refractivity contribution >= 4 is 5.71 Å². The Morgan fingerprint density at radius 2 is 2.25 bits per heavy atom. The number of halogens is 2. The third kappa shape index (κ3) is 2.97. The fraction of sp³-hybridized carbons (Fsp3) is 0.250. The van der Waals surface area contributed by atoms with Gasteiger partial charge in [-0.3, -0.25) is 4.99 Å². The minimum absolute atomic E-state index is 0.128. The van der Waals surface area contributed by atoms with Crippen molar-refractivity contribution in [1.82, 2.24) is 0 Å². The maximum absolute atomic E-state index is 13.4. The highest BCUT2D eigenvalue weighted by Gasteiger charge is 2.12. The molecule has 0 N–H and O–H groups in total. The van der Waals surface area contributed by atoms with Crippen molar-refractivity contribution in [3.05, 3.63) is 48.1 Å². The van der Waals surface area contributed by atoms with Crippen LogP contribution < -0.4 is 0 Å². The van der Waals surface area contributed by atoms with E-state index in [9.17, 15) is 8.78 Å². The Labute approximate surface area is 93.3 Å². The first-order valence-electron chi connectivity index (χ1n) is 4.79. The first kappa shape index (κ1) is 12.5. The molecule has 4 heteroatoms. The molecule has 0 atom stereocenters. The molecule has 1 aromatic carbocycles. The van der Waals surface area contributed by atoms with E-state index in [1.165, 1.54) is 19.2 Å². The molecule has 0 heterocycles. The van der Waals surface area contributed by atoms with E-state index in [0.717, 1.165) is 6.07 Å². The molecular weight excluding hydrogens is 212 g/mol. The maximum Gasteiger partial charge on any atom is 0.167 e. The minimum atomic E-state index is -0.898. The van der Waals surface area contributed by atoms with Crippen LogP contribution in [0.5, 0.6) is 0 Å². The predicted molar refractivity (Wildman–Crippen MR) is 59.8 cm³/mol. The van der Waals surface area contributed by atoms with Crippen molar-refractivity contribution in [2.24, 2.45) is 4.99 Å². The molecule has 0 fully saturated rings. The third-order valence-corrected chi connectivity index (χ3v) is 2.01. The Morgan fingerprint density at radius 3 is 2.88 bits per heavy atom. The second kappa shape index (κ2) is 6.12. The van der Waals surface area contributed by atoms with Gasteiger partial charge in [0.05, 0.1) is 18.9 Å². The van der Waals surface area contributed by atoms with Crippen molar-refractivity contribution in [2.45, 2.75) is 0 Å². The lowest BCUT2D eigenvalue weighted by Crippen LogP contribution is -2.13. The average molecular weight is 225 g/mol. The molecular formula is C12H13F2NO. The molecule has 1 aromatic rings. The summed E-state index contributed by atoms with van der Waals surface area (Å²) in [4.78, 5) is 3.88. The van der Waals surface area contributed by atoms with Gasteiger partial charge in [-0.1, -0.05) is 12.1 Å². The molecule has 0 spiro atoms. The molecule has 16 heavy (non-hydrogen) atoms. The number of nitrogens with zero attached hydrogens (tertiary/aromatic N) is 1. The van der Waals surface area contributed by atoms with Crippen molar-refractivity contribution in [3.8, 4) is 0 Å². The Hall–Kier alpha value is -1.55. The molecule has 0 saturated heterocycles. The molecule has 86 valence electrons. The van der Waals surface area contributed by atoms with Gasteiger partial charge in [-0.2, -0.15) is 0 Å². The van der Waals surface area contributed by atoms with Crippen LogP contribution in [0.3, 0.4) is 0 Å². The van der Waals surface area contributed by atoms with Gasteiger partial charge < -0.3 is 4.74 Å². The van der Waals surface area contributed by atoms with Crippen molar-refractivity contribution in [2.75, 3.05) is 20.3 Å². The molecule has 0 radical (unpaired) electrons. The molecule has 0 bridgehead atoms. The second-order valence-corrected chi connectivity index (χ2v) is 3.08. The lowest BCUT2D eigenvalue weighted by atomic mass is 10.1. The van der Waals surface area contributed by atoms with E-state index in [-0.39, 0.29) is 12.2 Å². The van der Waals surface area contributed by atoms with Gasteiger partial charge >= 0.3 is 0 Å². The molecule has 0 aromatic heterocycles. The van der Waals surface area contributed by atoms with Crippen LogP contribution in [0, 0.1) is 11.6 Å². The van der Waals surface area contributed by atoms with Crippen LogP contribution in [0.25, 0.3) is 0 Å². The molecule has 0 aliphatic heterocycles. The number of benzene rings is 1. The van der Waals surface area contributed by atoms with E-state index < -0.39 is 11.6 Å². The van der Waals surface area contributed by atoms with Gasteiger partial charge in [0.1, 0.15) is 0 Å². The second-order valence-electron chi connectivity index (χ2n) is 3.08. The van der Waals surface area contributed by atoms with Gasteiger partial charge in [0.25, 0.3) is 0 Å². The van der Waals surface area contributed by atoms with Gasteiger partial charge in [-0.15, -0.1) is 6.58 Å². The van der Waals surface area contributed by atoms with Crippen LogP contribution in [0.15, 0.2) is 35.8 Å². The van der Waals surface area contributed by atoms with Gasteiger partial charge in [0, 0.05) is 12.6 Å². The zero-order chi connectivity index (χ0) is 12.0. The summed E-state index contributed by atoms with van der Waals surface area (Å²) in [6.45, 7) is 3.96. The summed E-state index contributed by atoms with van der Waals surface area (Å²) in [7, 11) is 1.51. The lowest BCUT2D eigenvalue weighted by Gasteiger charge is -2.07. The molecule has 2 nitrogen and oxygen atoms in total. The standard InChI is InChI=1S/C12H13F2NO/c1-3-7-16-8-11(15-2)9-5-4-6-10(13)12(9)14/h3-6H,1,7-8H2,2H3. The molecule has 0 amide bonds. The van der Waals surface area contributed by atoms with Crippen LogP contribution in [-0.4, -0.2) is 26.0 Å². The van der Waals surface area contributed by atoms with Crippen LogP contribution in [0.1, 0.15) is 5.56 Å². The highest BCUT2D eigenvalue weighted by atomic mass is 19.2. The monoisotopic (exact) mass is 225 g/mol. The smallest absolute Gasteiger partial charge is 0.167 e. The normalized spacial score (nSPS) is 11.6. The molecule has 1 rings (SSSR count). The number of aliphatic imine (C=N–C) groups is 1. The third-order valence-electron chi connectivity index (χ3n) is 2.01.